The first-order chi connectivity index (χ1) is 9.11. The van der Waals surface area contributed by atoms with E-state index in [1.165, 1.54) is 16.7 Å². The van der Waals surface area contributed by atoms with E-state index in [4.69, 9.17) is 0 Å². The quantitative estimate of drug-likeness (QED) is 0.753. The number of aryl methyl sites for hydroxylation is 1. The van der Waals surface area contributed by atoms with E-state index in [1.54, 1.807) is 11.3 Å². The van der Waals surface area contributed by atoms with Gasteiger partial charge in [-0.2, -0.15) is 0 Å². The van der Waals surface area contributed by atoms with Crippen LogP contribution in [0.2, 0.25) is 0 Å². The van der Waals surface area contributed by atoms with Gasteiger partial charge in [0.15, 0.2) is 0 Å². The average Bonchev–Trinajstić information content (AvgIpc) is 2.69. The monoisotopic (exact) mass is 402 g/mol. The molecule has 102 valence electrons. The molecule has 0 aliphatic carbocycles. The van der Waals surface area contributed by atoms with Gasteiger partial charge in [-0.25, -0.2) is 0 Å². The van der Waals surface area contributed by atoms with Crippen LogP contribution in [0.15, 0.2) is 32.1 Å². The summed E-state index contributed by atoms with van der Waals surface area (Å²) in [5.41, 5.74) is 3.66. The number of aromatic nitrogens is 1. The minimum absolute atomic E-state index is 0.185. The van der Waals surface area contributed by atoms with Crippen molar-refractivity contribution in [1.82, 2.24) is 10.3 Å². The molecule has 2 rings (SSSR count). The zero-order valence-corrected chi connectivity index (χ0v) is 14.9. The van der Waals surface area contributed by atoms with Gasteiger partial charge < -0.3 is 5.32 Å². The van der Waals surface area contributed by atoms with Crippen molar-refractivity contribution < 1.29 is 0 Å². The van der Waals surface area contributed by atoms with Crippen LogP contribution in [-0.2, 0) is 0 Å². The summed E-state index contributed by atoms with van der Waals surface area (Å²) >= 11 is 8.91. The molecule has 0 saturated heterocycles. The van der Waals surface area contributed by atoms with E-state index in [0.29, 0.717) is 0 Å². The molecule has 0 aliphatic heterocycles. The minimum Gasteiger partial charge on any atom is -0.306 e. The molecule has 0 aliphatic rings. The summed E-state index contributed by atoms with van der Waals surface area (Å²) in [6.07, 6.45) is 4.94. The van der Waals surface area contributed by atoms with Gasteiger partial charge in [0.1, 0.15) is 0 Å². The summed E-state index contributed by atoms with van der Waals surface area (Å²) in [4.78, 5) is 4.31. The van der Waals surface area contributed by atoms with Crippen LogP contribution in [0.3, 0.4) is 0 Å². The van der Waals surface area contributed by atoms with Crippen LogP contribution in [0.25, 0.3) is 0 Å². The van der Waals surface area contributed by atoms with Crippen LogP contribution >= 0.6 is 43.2 Å². The predicted octanol–water partition coefficient (Wildman–Crippen LogP) is 5.07. The van der Waals surface area contributed by atoms with Crippen LogP contribution < -0.4 is 5.32 Å². The minimum atomic E-state index is 0.185. The SMILES string of the molecule is CCCNC(c1cncc(C)c1)c1cc(Br)sc1Br. The molecule has 0 aromatic carbocycles. The van der Waals surface area contributed by atoms with E-state index in [1.807, 2.05) is 12.4 Å². The number of rotatable bonds is 5. The highest BCUT2D eigenvalue weighted by atomic mass is 79.9. The Bertz CT molecular complexity index is 554. The highest BCUT2D eigenvalue weighted by Crippen LogP contribution is 2.37. The molecule has 2 aromatic rings. The summed E-state index contributed by atoms with van der Waals surface area (Å²) in [7, 11) is 0. The first kappa shape index (κ1) is 15.2. The second-order valence-corrected chi connectivity index (χ2v) is 8.21. The third-order valence-electron chi connectivity index (χ3n) is 2.82. The Kier molecular flexibility index (Phi) is 5.57. The Morgan fingerprint density at radius 3 is 2.68 bits per heavy atom. The van der Waals surface area contributed by atoms with Gasteiger partial charge in [-0.1, -0.05) is 13.0 Å². The lowest BCUT2D eigenvalue weighted by Gasteiger charge is -2.19. The molecule has 0 saturated carbocycles. The highest BCUT2D eigenvalue weighted by Gasteiger charge is 2.19. The normalized spacial score (nSPS) is 12.6. The van der Waals surface area contributed by atoms with Crippen molar-refractivity contribution in [3.63, 3.8) is 0 Å². The lowest BCUT2D eigenvalue weighted by Crippen LogP contribution is -2.23. The Hall–Kier alpha value is -0.230. The number of thiophene rings is 1. The molecule has 1 atom stereocenters. The van der Waals surface area contributed by atoms with Crippen LogP contribution in [0.1, 0.15) is 36.1 Å². The number of nitrogens with one attached hydrogen (secondary N) is 1. The van der Waals surface area contributed by atoms with E-state index in [9.17, 15) is 0 Å². The fourth-order valence-electron chi connectivity index (χ4n) is 1.98. The molecule has 0 spiro atoms. The lowest BCUT2D eigenvalue weighted by atomic mass is 10.0. The molecule has 19 heavy (non-hydrogen) atoms. The Labute approximate surface area is 134 Å². The van der Waals surface area contributed by atoms with Crippen molar-refractivity contribution in [2.75, 3.05) is 6.54 Å². The summed E-state index contributed by atoms with van der Waals surface area (Å²) < 4.78 is 2.30. The van der Waals surface area contributed by atoms with Crippen molar-refractivity contribution in [3.8, 4) is 0 Å². The maximum absolute atomic E-state index is 4.31. The van der Waals surface area contributed by atoms with Crippen LogP contribution in [0, 0.1) is 6.92 Å². The van der Waals surface area contributed by atoms with Gasteiger partial charge in [-0.15, -0.1) is 11.3 Å². The molecular formula is C14H16Br2N2S. The largest absolute Gasteiger partial charge is 0.306 e. The fraction of sp³-hybridized carbons (Fsp3) is 0.357. The number of hydrogen-bond acceptors (Lipinski definition) is 3. The lowest BCUT2D eigenvalue weighted by molar-refractivity contribution is 0.596. The van der Waals surface area contributed by atoms with Crippen molar-refractivity contribution in [2.45, 2.75) is 26.3 Å². The highest BCUT2D eigenvalue weighted by molar-refractivity contribution is 9.12. The molecule has 1 unspecified atom stereocenters. The zero-order chi connectivity index (χ0) is 13.8. The Morgan fingerprint density at radius 1 is 1.32 bits per heavy atom. The van der Waals surface area contributed by atoms with E-state index in [2.05, 4.69) is 68.1 Å². The van der Waals surface area contributed by atoms with Gasteiger partial charge >= 0.3 is 0 Å². The van der Waals surface area contributed by atoms with Gasteiger partial charge in [0, 0.05) is 12.4 Å². The number of nitrogens with zero attached hydrogens (tertiary/aromatic N) is 1. The summed E-state index contributed by atoms with van der Waals surface area (Å²) in [6.45, 7) is 5.24. The van der Waals surface area contributed by atoms with Gasteiger partial charge in [-0.3, -0.25) is 4.98 Å². The third kappa shape index (κ3) is 3.88. The van der Waals surface area contributed by atoms with Gasteiger partial charge in [-0.05, 0) is 74.5 Å². The molecule has 2 aromatic heterocycles. The Morgan fingerprint density at radius 2 is 2.11 bits per heavy atom. The first-order valence-electron chi connectivity index (χ1n) is 6.21. The van der Waals surface area contributed by atoms with Gasteiger partial charge in [0.05, 0.1) is 13.6 Å². The molecule has 0 fully saturated rings. The predicted molar refractivity (Wildman–Crippen MR) is 88.8 cm³/mol. The van der Waals surface area contributed by atoms with Crippen molar-refractivity contribution in [2.24, 2.45) is 0 Å². The van der Waals surface area contributed by atoms with Crippen molar-refractivity contribution in [3.05, 3.63) is 48.8 Å². The molecule has 0 radical (unpaired) electrons. The molecule has 0 bridgehead atoms. The molecule has 1 N–H and O–H groups in total. The second-order valence-electron chi connectivity index (χ2n) is 4.46. The maximum atomic E-state index is 4.31. The van der Waals surface area contributed by atoms with Crippen LogP contribution in [-0.4, -0.2) is 11.5 Å². The van der Waals surface area contributed by atoms with Gasteiger partial charge in [0.2, 0.25) is 0 Å². The Balaban J connectivity index is 2.38. The molecule has 0 amide bonds. The summed E-state index contributed by atoms with van der Waals surface area (Å²) in [6, 6.07) is 4.55. The van der Waals surface area contributed by atoms with E-state index in [0.717, 1.165) is 20.5 Å². The molecule has 2 nitrogen and oxygen atoms in total. The van der Waals surface area contributed by atoms with Crippen LogP contribution in [0.5, 0.6) is 0 Å². The average molecular weight is 404 g/mol. The summed E-state index contributed by atoms with van der Waals surface area (Å²) in [5, 5.41) is 3.60. The topological polar surface area (TPSA) is 24.9 Å². The van der Waals surface area contributed by atoms with Crippen molar-refractivity contribution in [1.29, 1.82) is 0 Å². The number of pyridine rings is 1. The van der Waals surface area contributed by atoms with E-state index < -0.39 is 0 Å². The smallest absolute Gasteiger partial charge is 0.0761 e. The van der Waals surface area contributed by atoms with Crippen LogP contribution in [0.4, 0.5) is 0 Å². The standard InChI is InChI=1S/C14H16Br2N2S/c1-3-4-18-13(10-5-9(2)7-17-8-10)11-6-12(15)19-14(11)16/h5-8,13,18H,3-4H2,1-2H3. The first-order valence-corrected chi connectivity index (χ1v) is 8.61. The molecule has 5 heteroatoms. The maximum Gasteiger partial charge on any atom is 0.0761 e. The number of hydrogen-bond donors (Lipinski definition) is 1. The van der Waals surface area contributed by atoms with Crippen molar-refractivity contribution >= 4 is 43.2 Å². The van der Waals surface area contributed by atoms with E-state index in [-0.39, 0.29) is 6.04 Å². The fourth-order valence-corrected chi connectivity index (χ4v) is 4.88. The van der Waals surface area contributed by atoms with Gasteiger partial charge in [0.25, 0.3) is 0 Å². The second kappa shape index (κ2) is 6.97. The summed E-state index contributed by atoms with van der Waals surface area (Å²) in [5.74, 6) is 0. The third-order valence-corrected chi connectivity index (χ3v) is 5.21. The molecule has 2 heterocycles. The number of halogens is 2. The van der Waals surface area contributed by atoms with E-state index >= 15 is 0 Å². The zero-order valence-electron chi connectivity index (χ0n) is 10.9. The molecular weight excluding hydrogens is 388 g/mol.